The van der Waals surface area contributed by atoms with Crippen molar-refractivity contribution in [2.45, 2.75) is 43.0 Å². The number of urea groups is 1. The molecule has 0 aromatic heterocycles. The SMILES string of the molecule is O=C1N[C@H]2[C@H](CCCCC(=O)OCCNC(=O)c3ccccc3)SC[C@H]2N1. The summed E-state index contributed by atoms with van der Waals surface area (Å²) >= 11 is 1.88. The van der Waals surface area contributed by atoms with E-state index in [1.165, 1.54) is 0 Å². The van der Waals surface area contributed by atoms with Crippen LogP contribution in [0.15, 0.2) is 30.3 Å². The van der Waals surface area contributed by atoms with Crippen molar-refractivity contribution in [3.63, 3.8) is 0 Å². The average molecular weight is 391 g/mol. The Hall–Kier alpha value is -2.22. The maximum absolute atomic E-state index is 11.8. The largest absolute Gasteiger partial charge is 0.464 e. The number of hydrogen-bond acceptors (Lipinski definition) is 5. The van der Waals surface area contributed by atoms with E-state index in [1.807, 2.05) is 17.8 Å². The molecule has 0 bridgehead atoms. The molecule has 2 aliphatic heterocycles. The molecular formula is C19H25N3O4S. The zero-order valence-electron chi connectivity index (χ0n) is 15.1. The van der Waals surface area contributed by atoms with Crippen molar-refractivity contribution in [3.8, 4) is 0 Å². The lowest BCUT2D eigenvalue weighted by molar-refractivity contribution is -0.143. The van der Waals surface area contributed by atoms with Crippen LogP contribution in [-0.2, 0) is 9.53 Å². The first-order chi connectivity index (χ1) is 13.1. The second-order valence-corrected chi connectivity index (χ2v) is 7.98. The van der Waals surface area contributed by atoms with E-state index in [4.69, 9.17) is 4.74 Å². The Bertz CT molecular complexity index is 670. The van der Waals surface area contributed by atoms with Crippen molar-refractivity contribution in [1.29, 1.82) is 0 Å². The minimum absolute atomic E-state index is 0.0711. The number of benzene rings is 1. The van der Waals surface area contributed by atoms with E-state index in [1.54, 1.807) is 24.3 Å². The van der Waals surface area contributed by atoms with E-state index in [0.717, 1.165) is 25.0 Å². The molecule has 1 aromatic carbocycles. The lowest BCUT2D eigenvalue weighted by Gasteiger charge is -2.16. The molecule has 3 rings (SSSR count). The number of thioether (sulfide) groups is 1. The van der Waals surface area contributed by atoms with E-state index < -0.39 is 0 Å². The van der Waals surface area contributed by atoms with Gasteiger partial charge >= 0.3 is 12.0 Å². The zero-order valence-corrected chi connectivity index (χ0v) is 15.9. The van der Waals surface area contributed by atoms with E-state index in [0.29, 0.717) is 23.8 Å². The van der Waals surface area contributed by atoms with Crippen LogP contribution < -0.4 is 16.0 Å². The van der Waals surface area contributed by atoms with Gasteiger partial charge in [-0.15, -0.1) is 0 Å². The maximum Gasteiger partial charge on any atom is 0.315 e. The van der Waals surface area contributed by atoms with Crippen LogP contribution in [0.3, 0.4) is 0 Å². The van der Waals surface area contributed by atoms with Gasteiger partial charge in [0.15, 0.2) is 0 Å². The van der Waals surface area contributed by atoms with Gasteiger partial charge in [0.05, 0.1) is 18.6 Å². The molecule has 2 fully saturated rings. The number of nitrogens with one attached hydrogen (secondary N) is 3. The normalized spacial score (nSPS) is 23.3. The Morgan fingerprint density at radius 1 is 1.19 bits per heavy atom. The fourth-order valence-electron chi connectivity index (χ4n) is 3.35. The number of esters is 1. The third-order valence-corrected chi connectivity index (χ3v) is 6.25. The summed E-state index contributed by atoms with van der Waals surface area (Å²) in [6.07, 6.45) is 3.05. The molecule has 7 nitrogen and oxygen atoms in total. The monoisotopic (exact) mass is 391 g/mol. The van der Waals surface area contributed by atoms with Gasteiger partial charge in [0.2, 0.25) is 0 Å². The summed E-state index contributed by atoms with van der Waals surface area (Å²) in [5.41, 5.74) is 0.588. The number of carbonyl (C=O) groups excluding carboxylic acids is 3. The summed E-state index contributed by atoms with van der Waals surface area (Å²) in [4.78, 5) is 35.0. The molecule has 0 saturated carbocycles. The van der Waals surface area contributed by atoms with Gasteiger partial charge in [0.1, 0.15) is 6.61 Å². The molecule has 2 aliphatic rings. The second kappa shape index (κ2) is 9.64. The van der Waals surface area contributed by atoms with Crippen LogP contribution in [0.2, 0.25) is 0 Å². The first-order valence-corrected chi connectivity index (χ1v) is 10.4. The summed E-state index contributed by atoms with van der Waals surface area (Å²) in [5, 5.41) is 9.04. The van der Waals surface area contributed by atoms with Gasteiger partial charge in [-0.2, -0.15) is 11.8 Å². The van der Waals surface area contributed by atoms with Gasteiger partial charge in [-0.1, -0.05) is 24.6 Å². The molecule has 0 unspecified atom stereocenters. The minimum atomic E-state index is -0.239. The highest BCUT2D eigenvalue weighted by atomic mass is 32.2. The second-order valence-electron chi connectivity index (χ2n) is 6.71. The first kappa shape index (κ1) is 19.5. The van der Waals surface area contributed by atoms with Crippen molar-refractivity contribution in [2.24, 2.45) is 0 Å². The summed E-state index contributed by atoms with van der Waals surface area (Å²) in [7, 11) is 0. The average Bonchev–Trinajstić information content (AvgIpc) is 3.22. The van der Waals surface area contributed by atoms with Crippen LogP contribution in [0.25, 0.3) is 0 Å². The van der Waals surface area contributed by atoms with Crippen molar-refractivity contribution in [2.75, 3.05) is 18.9 Å². The van der Waals surface area contributed by atoms with Crippen LogP contribution in [0.1, 0.15) is 36.0 Å². The van der Waals surface area contributed by atoms with E-state index in [9.17, 15) is 14.4 Å². The quantitative estimate of drug-likeness (QED) is 0.338. The predicted octanol–water partition coefficient (Wildman–Crippen LogP) is 1.69. The standard InChI is InChI=1S/C19H25N3O4S/c23-16(26-11-10-20-18(24)13-6-2-1-3-7-13)9-5-4-8-15-17-14(12-27-15)21-19(25)22-17/h1-3,6-7,14-15,17H,4-5,8-12H2,(H,20,24)(H2,21,22,25)/t14-,15+,17-/m1/s1. The van der Waals surface area contributed by atoms with E-state index in [-0.39, 0.29) is 36.6 Å². The molecule has 146 valence electrons. The topological polar surface area (TPSA) is 96.5 Å². The van der Waals surface area contributed by atoms with Crippen LogP contribution in [0.5, 0.6) is 0 Å². The molecule has 2 saturated heterocycles. The molecule has 27 heavy (non-hydrogen) atoms. The highest BCUT2D eigenvalue weighted by Crippen LogP contribution is 2.33. The van der Waals surface area contributed by atoms with Gasteiger partial charge in [0.25, 0.3) is 5.91 Å². The fraction of sp³-hybridized carbons (Fsp3) is 0.526. The van der Waals surface area contributed by atoms with Crippen molar-refractivity contribution >= 4 is 29.7 Å². The minimum Gasteiger partial charge on any atom is -0.464 e. The Kier molecular flexibility index (Phi) is 6.98. The predicted molar refractivity (Wildman–Crippen MR) is 104 cm³/mol. The molecule has 0 aliphatic carbocycles. The van der Waals surface area contributed by atoms with Gasteiger partial charge in [-0.25, -0.2) is 4.79 Å². The van der Waals surface area contributed by atoms with Gasteiger partial charge in [-0.05, 0) is 25.0 Å². The number of hydrogen-bond donors (Lipinski definition) is 3. The Morgan fingerprint density at radius 3 is 2.81 bits per heavy atom. The number of fused-ring (bicyclic) bond motifs is 1. The number of unbranched alkanes of at least 4 members (excludes halogenated alkanes) is 1. The molecule has 1 aromatic rings. The van der Waals surface area contributed by atoms with E-state index >= 15 is 0 Å². The third-order valence-electron chi connectivity index (χ3n) is 4.74. The summed E-state index contributed by atoms with van der Waals surface area (Å²) in [6, 6.07) is 9.30. The smallest absolute Gasteiger partial charge is 0.315 e. The van der Waals surface area contributed by atoms with Crippen LogP contribution in [0.4, 0.5) is 4.79 Å². The van der Waals surface area contributed by atoms with Crippen LogP contribution in [0, 0.1) is 0 Å². The third kappa shape index (κ3) is 5.63. The van der Waals surface area contributed by atoms with E-state index in [2.05, 4.69) is 16.0 Å². The number of rotatable bonds is 9. The van der Waals surface area contributed by atoms with Gasteiger partial charge in [0, 0.05) is 23.0 Å². The number of ether oxygens (including phenoxy) is 1. The highest BCUT2D eigenvalue weighted by molar-refractivity contribution is 8.00. The van der Waals surface area contributed by atoms with Crippen molar-refractivity contribution < 1.29 is 19.1 Å². The molecule has 3 amide bonds. The van der Waals surface area contributed by atoms with Crippen LogP contribution in [-0.4, -0.2) is 54.1 Å². The van der Waals surface area contributed by atoms with Gasteiger partial charge in [-0.3, -0.25) is 9.59 Å². The molecule has 0 spiro atoms. The van der Waals surface area contributed by atoms with Gasteiger partial charge < -0.3 is 20.7 Å². The van der Waals surface area contributed by atoms with Crippen LogP contribution >= 0.6 is 11.8 Å². The highest BCUT2D eigenvalue weighted by Gasteiger charge is 2.42. The first-order valence-electron chi connectivity index (χ1n) is 9.31. The Labute approximate surface area is 163 Å². The summed E-state index contributed by atoms with van der Waals surface area (Å²) < 4.78 is 5.16. The number of carbonyl (C=O) groups is 3. The molecule has 3 N–H and O–H groups in total. The summed E-state index contributed by atoms with van der Waals surface area (Å²) in [6.45, 7) is 0.477. The maximum atomic E-state index is 11.8. The fourth-order valence-corrected chi connectivity index (χ4v) is 4.89. The molecule has 0 radical (unpaired) electrons. The summed E-state index contributed by atoms with van der Waals surface area (Å²) in [5.74, 6) is 0.536. The Morgan fingerprint density at radius 2 is 2.00 bits per heavy atom. The lowest BCUT2D eigenvalue weighted by Crippen LogP contribution is -2.36. The van der Waals surface area contributed by atoms with Crippen molar-refractivity contribution in [3.05, 3.63) is 35.9 Å². The zero-order chi connectivity index (χ0) is 19.1. The molecule has 8 heteroatoms. The number of amides is 3. The Balaban J connectivity index is 1.22. The van der Waals surface area contributed by atoms with Crippen molar-refractivity contribution in [1.82, 2.24) is 16.0 Å². The molecule has 3 atom stereocenters. The molecule has 2 heterocycles. The lowest BCUT2D eigenvalue weighted by atomic mass is 10.0. The molecular weight excluding hydrogens is 366 g/mol.